The lowest BCUT2D eigenvalue weighted by atomic mass is 9.59. The predicted molar refractivity (Wildman–Crippen MR) is 83.8 cm³/mol. The highest BCUT2D eigenvalue weighted by molar-refractivity contribution is 6.07. The van der Waals surface area contributed by atoms with E-state index in [4.69, 9.17) is 9.73 Å². The predicted octanol–water partition coefficient (Wildman–Crippen LogP) is 4.26. The Labute approximate surface area is 122 Å². The van der Waals surface area contributed by atoms with Crippen LogP contribution in [0.15, 0.2) is 23.2 Å². The van der Waals surface area contributed by atoms with Gasteiger partial charge >= 0.3 is 0 Å². The number of nitrogens with zero attached hydrogens (tertiary/aromatic N) is 1. The van der Waals surface area contributed by atoms with E-state index in [1.807, 2.05) is 0 Å². The standard InChI is InChI=1S/C18H25NO/c1-13(2)12-18(8-4-9-18)17-16-11-15(20-3)6-5-14(16)7-10-19-17/h5-6,11,13H,4,7-10,12H2,1-3H3. The van der Waals surface area contributed by atoms with Gasteiger partial charge in [0.05, 0.1) is 7.11 Å². The molecule has 1 aromatic rings. The van der Waals surface area contributed by atoms with E-state index >= 15 is 0 Å². The highest BCUT2D eigenvalue weighted by Crippen LogP contribution is 2.49. The number of ether oxygens (including phenoxy) is 1. The highest BCUT2D eigenvalue weighted by atomic mass is 16.5. The fourth-order valence-electron chi connectivity index (χ4n) is 3.87. The molecule has 0 radical (unpaired) electrons. The van der Waals surface area contributed by atoms with E-state index in [2.05, 4.69) is 32.0 Å². The molecule has 0 unspecified atom stereocenters. The molecule has 0 aromatic heterocycles. The van der Waals surface area contributed by atoms with E-state index in [0.717, 1.165) is 24.6 Å². The molecule has 2 aliphatic rings. The average Bonchev–Trinajstić information content (AvgIpc) is 2.41. The van der Waals surface area contributed by atoms with Gasteiger partial charge in [-0.1, -0.05) is 26.3 Å². The Morgan fingerprint density at radius 3 is 2.70 bits per heavy atom. The third-order valence-corrected chi connectivity index (χ3v) is 4.84. The van der Waals surface area contributed by atoms with Gasteiger partial charge in [-0.05, 0) is 49.3 Å². The van der Waals surface area contributed by atoms with Crippen LogP contribution in [0.5, 0.6) is 5.75 Å². The quantitative estimate of drug-likeness (QED) is 0.802. The van der Waals surface area contributed by atoms with Gasteiger partial charge in [-0.25, -0.2) is 0 Å². The van der Waals surface area contributed by atoms with Crippen LogP contribution < -0.4 is 4.74 Å². The van der Waals surface area contributed by atoms with Crippen LogP contribution in [0.25, 0.3) is 0 Å². The summed E-state index contributed by atoms with van der Waals surface area (Å²) in [7, 11) is 1.74. The lowest BCUT2D eigenvalue weighted by Gasteiger charge is -2.45. The zero-order valence-electron chi connectivity index (χ0n) is 12.9. The van der Waals surface area contributed by atoms with Crippen LogP contribution in [-0.2, 0) is 6.42 Å². The second-order valence-electron chi connectivity index (χ2n) is 6.74. The van der Waals surface area contributed by atoms with Crippen LogP contribution in [0.3, 0.4) is 0 Å². The van der Waals surface area contributed by atoms with Crippen LogP contribution in [0.1, 0.15) is 50.7 Å². The minimum atomic E-state index is 0.343. The Kier molecular flexibility index (Phi) is 3.57. The van der Waals surface area contributed by atoms with Gasteiger partial charge in [0.25, 0.3) is 0 Å². The molecule has 0 saturated heterocycles. The van der Waals surface area contributed by atoms with Crippen LogP contribution in [0.2, 0.25) is 0 Å². The number of fused-ring (bicyclic) bond motifs is 1. The van der Waals surface area contributed by atoms with Gasteiger partial charge in [-0.15, -0.1) is 0 Å². The Hall–Kier alpha value is -1.31. The van der Waals surface area contributed by atoms with Crippen LogP contribution in [0.4, 0.5) is 0 Å². The third kappa shape index (κ3) is 2.25. The van der Waals surface area contributed by atoms with Gasteiger partial charge < -0.3 is 4.74 Å². The molecular formula is C18H25NO. The van der Waals surface area contributed by atoms with E-state index in [9.17, 15) is 0 Å². The first-order chi connectivity index (χ1) is 9.64. The zero-order chi connectivity index (χ0) is 14.2. The minimum Gasteiger partial charge on any atom is -0.497 e. The van der Waals surface area contributed by atoms with E-state index in [-0.39, 0.29) is 0 Å². The molecule has 0 bridgehead atoms. The van der Waals surface area contributed by atoms with Gasteiger partial charge in [0, 0.05) is 23.2 Å². The van der Waals surface area contributed by atoms with Crippen molar-refractivity contribution >= 4 is 5.71 Å². The largest absolute Gasteiger partial charge is 0.497 e. The smallest absolute Gasteiger partial charge is 0.119 e. The summed E-state index contributed by atoms with van der Waals surface area (Å²) in [5.41, 5.74) is 4.52. The van der Waals surface area contributed by atoms with E-state index < -0.39 is 0 Å². The molecule has 1 fully saturated rings. The van der Waals surface area contributed by atoms with Gasteiger partial charge in [-0.2, -0.15) is 0 Å². The second kappa shape index (κ2) is 5.23. The monoisotopic (exact) mass is 271 g/mol. The highest BCUT2D eigenvalue weighted by Gasteiger charge is 2.43. The van der Waals surface area contributed by atoms with Crippen molar-refractivity contribution in [1.29, 1.82) is 0 Å². The number of hydrogen-bond donors (Lipinski definition) is 0. The minimum absolute atomic E-state index is 0.343. The second-order valence-corrected chi connectivity index (χ2v) is 6.74. The van der Waals surface area contributed by atoms with E-state index in [1.165, 1.54) is 42.5 Å². The molecular weight excluding hydrogens is 246 g/mol. The zero-order valence-corrected chi connectivity index (χ0v) is 12.9. The van der Waals surface area contributed by atoms with Crippen molar-refractivity contribution in [3.05, 3.63) is 29.3 Å². The molecule has 3 rings (SSSR count). The summed E-state index contributed by atoms with van der Waals surface area (Å²) in [6, 6.07) is 6.51. The summed E-state index contributed by atoms with van der Waals surface area (Å²) >= 11 is 0. The Bertz CT molecular complexity index is 526. The molecule has 20 heavy (non-hydrogen) atoms. The summed E-state index contributed by atoms with van der Waals surface area (Å²) in [5, 5.41) is 0. The Morgan fingerprint density at radius 1 is 1.30 bits per heavy atom. The maximum Gasteiger partial charge on any atom is 0.119 e. The topological polar surface area (TPSA) is 21.6 Å². The van der Waals surface area contributed by atoms with Crippen LogP contribution in [-0.4, -0.2) is 19.4 Å². The molecule has 0 atom stereocenters. The van der Waals surface area contributed by atoms with Crippen molar-refractivity contribution in [2.75, 3.05) is 13.7 Å². The number of benzene rings is 1. The summed E-state index contributed by atoms with van der Waals surface area (Å²) in [5.74, 6) is 1.69. The lowest BCUT2D eigenvalue weighted by Crippen LogP contribution is -2.41. The van der Waals surface area contributed by atoms with E-state index in [0.29, 0.717) is 5.41 Å². The first kappa shape index (κ1) is 13.7. The Balaban J connectivity index is 2.00. The van der Waals surface area contributed by atoms with Crippen molar-refractivity contribution < 1.29 is 4.74 Å². The molecule has 2 heteroatoms. The first-order valence-corrected chi connectivity index (χ1v) is 7.87. The Morgan fingerprint density at radius 2 is 2.10 bits per heavy atom. The molecule has 0 amide bonds. The van der Waals surface area contributed by atoms with E-state index in [1.54, 1.807) is 7.11 Å². The molecule has 1 aliphatic heterocycles. The maximum absolute atomic E-state index is 5.42. The first-order valence-electron chi connectivity index (χ1n) is 7.87. The fourth-order valence-corrected chi connectivity index (χ4v) is 3.87. The van der Waals surface area contributed by atoms with Crippen molar-refractivity contribution in [2.24, 2.45) is 16.3 Å². The number of rotatable bonds is 4. The van der Waals surface area contributed by atoms with Crippen molar-refractivity contribution in [1.82, 2.24) is 0 Å². The van der Waals surface area contributed by atoms with Crippen molar-refractivity contribution in [3.63, 3.8) is 0 Å². The van der Waals surface area contributed by atoms with Gasteiger partial charge in [-0.3, -0.25) is 4.99 Å². The van der Waals surface area contributed by atoms with Crippen LogP contribution in [0, 0.1) is 11.3 Å². The maximum atomic E-state index is 5.42. The van der Waals surface area contributed by atoms with Gasteiger partial charge in [0.2, 0.25) is 0 Å². The van der Waals surface area contributed by atoms with Crippen molar-refractivity contribution in [2.45, 2.75) is 46.0 Å². The SMILES string of the molecule is COc1ccc2c(c1)C(C1(CC(C)C)CCC1)=NCC2. The molecule has 1 aliphatic carbocycles. The molecule has 0 N–H and O–H groups in total. The number of methoxy groups -OCH3 is 1. The fraction of sp³-hybridized carbons (Fsp3) is 0.611. The van der Waals surface area contributed by atoms with Gasteiger partial charge in [0.15, 0.2) is 0 Å². The number of aliphatic imine (C=N–C) groups is 1. The molecule has 1 heterocycles. The third-order valence-electron chi connectivity index (χ3n) is 4.84. The molecule has 108 valence electrons. The normalized spacial score (nSPS) is 20.1. The number of hydrogen-bond acceptors (Lipinski definition) is 2. The molecule has 1 saturated carbocycles. The molecule has 2 nitrogen and oxygen atoms in total. The summed E-state index contributed by atoms with van der Waals surface area (Å²) < 4.78 is 5.42. The summed E-state index contributed by atoms with van der Waals surface area (Å²) in [4.78, 5) is 4.95. The van der Waals surface area contributed by atoms with Crippen LogP contribution >= 0.6 is 0 Å². The lowest BCUT2D eigenvalue weighted by molar-refractivity contribution is 0.189. The summed E-state index contributed by atoms with van der Waals surface area (Å²) in [6.45, 7) is 5.61. The van der Waals surface area contributed by atoms with Crippen molar-refractivity contribution in [3.8, 4) is 5.75 Å². The molecule has 0 spiro atoms. The summed E-state index contributed by atoms with van der Waals surface area (Å²) in [6.07, 6.45) is 6.30. The average molecular weight is 271 g/mol. The molecule has 1 aromatic carbocycles. The van der Waals surface area contributed by atoms with Gasteiger partial charge in [0.1, 0.15) is 5.75 Å².